The molecule has 2 unspecified atom stereocenters. The van der Waals surface area contributed by atoms with Crippen LogP contribution in [-0.2, 0) is 0 Å². The van der Waals surface area contributed by atoms with Gasteiger partial charge in [-0.25, -0.2) is 0 Å². The zero-order chi connectivity index (χ0) is 15.0. The molecule has 1 aromatic carbocycles. The number of rotatable bonds is 9. The molecule has 1 aromatic rings. The van der Waals surface area contributed by atoms with E-state index in [0.29, 0.717) is 5.92 Å². The van der Waals surface area contributed by atoms with E-state index in [1.165, 1.54) is 11.1 Å². The fourth-order valence-electron chi connectivity index (χ4n) is 2.58. The first-order valence-electron chi connectivity index (χ1n) is 7.61. The van der Waals surface area contributed by atoms with Crippen LogP contribution in [0.2, 0.25) is 0 Å². The van der Waals surface area contributed by atoms with Gasteiger partial charge < -0.3 is 15.2 Å². The Morgan fingerprint density at radius 2 is 2.05 bits per heavy atom. The quantitative estimate of drug-likeness (QED) is 0.727. The highest BCUT2D eigenvalue weighted by Gasteiger charge is 2.14. The molecule has 2 N–H and O–H groups in total. The molecule has 114 valence electrons. The molecule has 3 heteroatoms. The molecule has 0 amide bonds. The first-order chi connectivity index (χ1) is 9.62. The van der Waals surface area contributed by atoms with Crippen LogP contribution in [0.5, 0.6) is 5.75 Å². The first-order valence-corrected chi connectivity index (χ1v) is 7.61. The van der Waals surface area contributed by atoms with Gasteiger partial charge in [0.2, 0.25) is 0 Å². The van der Waals surface area contributed by atoms with Crippen LogP contribution in [0.15, 0.2) is 18.2 Å². The summed E-state index contributed by atoms with van der Waals surface area (Å²) in [6.07, 6.45) is 3.19. The van der Waals surface area contributed by atoms with Gasteiger partial charge in [-0.3, -0.25) is 0 Å². The predicted octanol–water partition coefficient (Wildman–Crippen LogP) is 3.45. The normalized spacial score (nSPS) is 14.1. The minimum atomic E-state index is 0.253. The van der Waals surface area contributed by atoms with Gasteiger partial charge in [-0.15, -0.1) is 0 Å². The van der Waals surface area contributed by atoms with Crippen molar-refractivity contribution in [1.29, 1.82) is 0 Å². The number of hydrogen-bond donors (Lipinski definition) is 2. The van der Waals surface area contributed by atoms with E-state index in [9.17, 15) is 0 Å². The average Bonchev–Trinajstić information content (AvgIpc) is 2.45. The second-order valence-corrected chi connectivity index (χ2v) is 5.54. The van der Waals surface area contributed by atoms with Crippen molar-refractivity contribution in [2.75, 3.05) is 20.3 Å². The molecule has 0 radical (unpaired) electrons. The number of aryl methyl sites for hydroxylation is 1. The summed E-state index contributed by atoms with van der Waals surface area (Å²) in [5.74, 6) is 1.48. The summed E-state index contributed by atoms with van der Waals surface area (Å²) in [6.45, 7) is 7.67. The molecule has 0 saturated carbocycles. The summed E-state index contributed by atoms with van der Waals surface area (Å²) < 4.78 is 5.44. The number of ether oxygens (including phenoxy) is 1. The highest BCUT2D eigenvalue weighted by Crippen LogP contribution is 2.26. The van der Waals surface area contributed by atoms with Gasteiger partial charge in [-0.1, -0.05) is 31.0 Å². The first kappa shape index (κ1) is 17.0. The Labute approximate surface area is 123 Å². The minimum Gasteiger partial charge on any atom is -0.496 e. The summed E-state index contributed by atoms with van der Waals surface area (Å²) >= 11 is 0. The summed E-state index contributed by atoms with van der Waals surface area (Å²) in [5, 5.41) is 12.7. The van der Waals surface area contributed by atoms with Gasteiger partial charge in [-0.2, -0.15) is 0 Å². The van der Waals surface area contributed by atoms with E-state index in [1.54, 1.807) is 7.11 Å². The summed E-state index contributed by atoms with van der Waals surface area (Å²) in [4.78, 5) is 0. The lowest BCUT2D eigenvalue weighted by Gasteiger charge is -2.22. The van der Waals surface area contributed by atoms with E-state index >= 15 is 0 Å². The molecule has 2 atom stereocenters. The lowest BCUT2D eigenvalue weighted by atomic mass is 9.98. The maximum Gasteiger partial charge on any atom is 0.123 e. The Hall–Kier alpha value is -1.06. The van der Waals surface area contributed by atoms with Crippen LogP contribution >= 0.6 is 0 Å². The predicted molar refractivity (Wildman–Crippen MR) is 84.2 cm³/mol. The molecule has 0 aliphatic carbocycles. The Kier molecular flexibility index (Phi) is 7.63. The van der Waals surface area contributed by atoms with Gasteiger partial charge in [0.25, 0.3) is 0 Å². The molecule has 0 saturated heterocycles. The monoisotopic (exact) mass is 279 g/mol. The van der Waals surface area contributed by atoms with Crippen molar-refractivity contribution in [3.05, 3.63) is 29.3 Å². The van der Waals surface area contributed by atoms with Gasteiger partial charge in [0.15, 0.2) is 0 Å². The van der Waals surface area contributed by atoms with Gasteiger partial charge in [0.1, 0.15) is 5.75 Å². The zero-order valence-electron chi connectivity index (χ0n) is 13.3. The Balaban J connectivity index is 2.65. The summed E-state index contributed by atoms with van der Waals surface area (Å²) in [7, 11) is 1.71. The molecule has 1 rings (SSSR count). The van der Waals surface area contributed by atoms with Crippen LogP contribution in [-0.4, -0.2) is 25.4 Å². The third-order valence-corrected chi connectivity index (χ3v) is 3.80. The maximum atomic E-state index is 9.12. The van der Waals surface area contributed by atoms with Crippen LogP contribution < -0.4 is 10.1 Å². The van der Waals surface area contributed by atoms with Crippen molar-refractivity contribution in [3.8, 4) is 5.75 Å². The Morgan fingerprint density at radius 3 is 2.65 bits per heavy atom. The van der Waals surface area contributed by atoms with Crippen molar-refractivity contribution in [2.24, 2.45) is 5.92 Å². The highest BCUT2D eigenvalue weighted by atomic mass is 16.5. The van der Waals surface area contributed by atoms with Gasteiger partial charge >= 0.3 is 0 Å². The third kappa shape index (κ3) is 5.14. The number of aliphatic hydroxyl groups is 1. The molecule has 3 nitrogen and oxygen atoms in total. The molecule has 20 heavy (non-hydrogen) atoms. The van der Waals surface area contributed by atoms with Crippen LogP contribution in [0.1, 0.15) is 50.3 Å². The molecule has 0 aromatic heterocycles. The van der Waals surface area contributed by atoms with E-state index in [4.69, 9.17) is 9.84 Å². The average molecular weight is 279 g/mol. The van der Waals surface area contributed by atoms with E-state index in [0.717, 1.165) is 31.6 Å². The van der Waals surface area contributed by atoms with E-state index in [-0.39, 0.29) is 12.6 Å². The number of benzene rings is 1. The van der Waals surface area contributed by atoms with E-state index in [2.05, 4.69) is 38.2 Å². The SMILES string of the molecule is CCCC(CCO)CNC(C)c1cc(C)ccc1OC. The largest absolute Gasteiger partial charge is 0.496 e. The lowest BCUT2D eigenvalue weighted by Crippen LogP contribution is -2.26. The fourth-order valence-corrected chi connectivity index (χ4v) is 2.58. The maximum absolute atomic E-state index is 9.12. The minimum absolute atomic E-state index is 0.253. The van der Waals surface area contributed by atoms with Crippen molar-refractivity contribution in [2.45, 2.75) is 46.1 Å². The molecular formula is C17H29NO2. The Bertz CT molecular complexity index is 387. The molecule has 0 heterocycles. The molecule has 0 aliphatic heterocycles. The molecule has 0 aliphatic rings. The van der Waals surface area contributed by atoms with E-state index < -0.39 is 0 Å². The second-order valence-electron chi connectivity index (χ2n) is 5.54. The molecular weight excluding hydrogens is 250 g/mol. The smallest absolute Gasteiger partial charge is 0.123 e. The molecule has 0 fully saturated rings. The Morgan fingerprint density at radius 1 is 1.30 bits per heavy atom. The topological polar surface area (TPSA) is 41.5 Å². The fraction of sp³-hybridized carbons (Fsp3) is 0.647. The highest BCUT2D eigenvalue weighted by molar-refractivity contribution is 5.38. The summed E-state index contributed by atoms with van der Waals surface area (Å²) in [6, 6.07) is 6.53. The number of aliphatic hydroxyl groups excluding tert-OH is 1. The standard InChI is InChI=1S/C17H29NO2/c1-5-6-15(9-10-19)12-18-14(3)16-11-13(2)7-8-17(16)20-4/h7-8,11,14-15,18-19H,5-6,9-10,12H2,1-4H3. The molecule has 0 bridgehead atoms. The third-order valence-electron chi connectivity index (χ3n) is 3.80. The van der Waals surface area contributed by atoms with Crippen molar-refractivity contribution >= 4 is 0 Å². The molecule has 0 spiro atoms. The number of hydrogen-bond acceptors (Lipinski definition) is 3. The van der Waals surface area contributed by atoms with Gasteiger partial charge in [0, 0.05) is 18.2 Å². The zero-order valence-corrected chi connectivity index (χ0v) is 13.3. The number of nitrogens with one attached hydrogen (secondary N) is 1. The van der Waals surface area contributed by atoms with Crippen molar-refractivity contribution in [1.82, 2.24) is 5.32 Å². The van der Waals surface area contributed by atoms with Crippen LogP contribution in [0, 0.1) is 12.8 Å². The van der Waals surface area contributed by atoms with Crippen LogP contribution in [0.4, 0.5) is 0 Å². The second kappa shape index (κ2) is 8.98. The number of methoxy groups -OCH3 is 1. The van der Waals surface area contributed by atoms with Crippen molar-refractivity contribution in [3.63, 3.8) is 0 Å². The summed E-state index contributed by atoms with van der Waals surface area (Å²) in [5.41, 5.74) is 2.45. The van der Waals surface area contributed by atoms with Crippen molar-refractivity contribution < 1.29 is 9.84 Å². The van der Waals surface area contributed by atoms with Gasteiger partial charge in [-0.05, 0) is 45.2 Å². The lowest BCUT2D eigenvalue weighted by molar-refractivity contribution is 0.245. The van der Waals surface area contributed by atoms with Gasteiger partial charge in [0.05, 0.1) is 7.11 Å². The van der Waals surface area contributed by atoms with Crippen LogP contribution in [0.3, 0.4) is 0 Å². The van der Waals surface area contributed by atoms with E-state index in [1.807, 2.05) is 6.07 Å². The van der Waals surface area contributed by atoms with Crippen LogP contribution in [0.25, 0.3) is 0 Å².